The highest BCUT2D eigenvalue weighted by Gasteiger charge is 2.19. The highest BCUT2D eigenvalue weighted by molar-refractivity contribution is 5.81. The van der Waals surface area contributed by atoms with Gasteiger partial charge in [-0.1, -0.05) is 0 Å². The topological polar surface area (TPSA) is 142 Å². The van der Waals surface area contributed by atoms with Gasteiger partial charge in [0.25, 0.3) is 0 Å². The first-order valence-electron chi connectivity index (χ1n) is 6.47. The zero-order valence-corrected chi connectivity index (χ0v) is 11.8. The molecule has 116 valence electrons. The summed E-state index contributed by atoms with van der Waals surface area (Å²) in [6.07, 6.45) is 1.59. The number of aliphatic carboxylic acids is 2. The van der Waals surface area contributed by atoms with E-state index in [0.29, 0.717) is 25.8 Å². The largest absolute Gasteiger partial charge is 0.480 e. The first-order valence-corrected chi connectivity index (χ1v) is 6.47. The Hall–Kier alpha value is -1.67. The third-order valence-corrected chi connectivity index (χ3v) is 2.89. The molecule has 0 rings (SSSR count). The summed E-state index contributed by atoms with van der Waals surface area (Å²) in [6, 6.07) is -2.22. The van der Waals surface area contributed by atoms with Crippen molar-refractivity contribution in [3.63, 3.8) is 0 Å². The van der Waals surface area contributed by atoms with Gasteiger partial charge in [0.05, 0.1) is 0 Å². The van der Waals surface area contributed by atoms with E-state index >= 15 is 0 Å². The van der Waals surface area contributed by atoms with Crippen molar-refractivity contribution < 1.29 is 24.6 Å². The molecule has 0 saturated heterocycles. The van der Waals surface area contributed by atoms with E-state index in [2.05, 4.69) is 10.6 Å². The van der Waals surface area contributed by atoms with E-state index in [1.165, 1.54) is 6.92 Å². The molecule has 0 heterocycles. The van der Waals surface area contributed by atoms with Gasteiger partial charge in [-0.05, 0) is 32.7 Å². The molecular formula is C12H23N3O5. The fourth-order valence-corrected chi connectivity index (χ4v) is 1.65. The van der Waals surface area contributed by atoms with E-state index in [0.717, 1.165) is 0 Å². The maximum Gasteiger partial charge on any atom is 0.326 e. The van der Waals surface area contributed by atoms with Crippen LogP contribution in [0.25, 0.3) is 0 Å². The van der Waals surface area contributed by atoms with Crippen LogP contribution in [0.2, 0.25) is 0 Å². The molecule has 3 atom stereocenters. The number of nitrogens with two attached hydrogens (primary N) is 1. The number of nitrogens with one attached hydrogen (secondary N) is 2. The molecule has 0 aliphatic heterocycles. The predicted octanol–water partition coefficient (Wildman–Crippen LogP) is -0.864. The third-order valence-electron chi connectivity index (χ3n) is 2.89. The smallest absolute Gasteiger partial charge is 0.326 e. The maximum atomic E-state index is 10.9. The molecule has 0 saturated carbocycles. The Morgan fingerprint density at radius 1 is 1.15 bits per heavy atom. The quantitative estimate of drug-likeness (QED) is 0.329. The number of carbonyl (C=O) groups excluding carboxylic acids is 1. The molecule has 8 nitrogen and oxygen atoms in total. The van der Waals surface area contributed by atoms with Crippen molar-refractivity contribution in [3.05, 3.63) is 0 Å². The van der Waals surface area contributed by atoms with Gasteiger partial charge in [-0.15, -0.1) is 0 Å². The Labute approximate surface area is 117 Å². The molecule has 6 N–H and O–H groups in total. The fourth-order valence-electron chi connectivity index (χ4n) is 1.65. The number of hydrogen-bond donors (Lipinski definition) is 5. The molecule has 8 heteroatoms. The molecule has 0 aliphatic carbocycles. The van der Waals surface area contributed by atoms with Crippen LogP contribution < -0.4 is 16.4 Å². The van der Waals surface area contributed by atoms with Crippen molar-refractivity contribution in [3.8, 4) is 0 Å². The van der Waals surface area contributed by atoms with Crippen molar-refractivity contribution in [2.24, 2.45) is 5.73 Å². The van der Waals surface area contributed by atoms with Crippen molar-refractivity contribution in [2.75, 3.05) is 6.54 Å². The standard InChI is InChI=1S/C12H23N3O5/c1-7(10(13)12(19)20)14-6-4-3-5-9(11(17)18)15-8(2)16/h7,9-10,14H,3-6,13H2,1-2H3,(H,15,16)(H,17,18)(H,19,20)/t7?,9-,10?/m0/s1. The molecule has 0 radical (unpaired) electrons. The van der Waals surface area contributed by atoms with Crippen LogP contribution in [0.5, 0.6) is 0 Å². The van der Waals surface area contributed by atoms with Gasteiger partial charge < -0.3 is 26.6 Å². The first-order chi connectivity index (χ1) is 9.25. The van der Waals surface area contributed by atoms with E-state index in [9.17, 15) is 14.4 Å². The van der Waals surface area contributed by atoms with Gasteiger partial charge >= 0.3 is 11.9 Å². The van der Waals surface area contributed by atoms with Crippen LogP contribution in [0.1, 0.15) is 33.1 Å². The lowest BCUT2D eigenvalue weighted by Crippen LogP contribution is -2.48. The summed E-state index contributed by atoms with van der Waals surface area (Å²) in [4.78, 5) is 32.3. The SMILES string of the molecule is CC(=O)N[C@@H](CCCCNC(C)C(N)C(=O)O)C(=O)O. The van der Waals surface area contributed by atoms with Crippen molar-refractivity contribution in [1.82, 2.24) is 10.6 Å². The number of rotatable bonds is 10. The third kappa shape index (κ3) is 7.70. The van der Waals surface area contributed by atoms with Crippen LogP contribution >= 0.6 is 0 Å². The van der Waals surface area contributed by atoms with Crippen LogP contribution in [0.15, 0.2) is 0 Å². The minimum Gasteiger partial charge on any atom is -0.480 e. The lowest BCUT2D eigenvalue weighted by atomic mass is 10.1. The van der Waals surface area contributed by atoms with Gasteiger partial charge in [0.15, 0.2) is 0 Å². The number of carbonyl (C=O) groups is 3. The molecule has 20 heavy (non-hydrogen) atoms. The second-order valence-corrected chi connectivity index (χ2v) is 4.69. The minimum absolute atomic E-state index is 0.329. The normalized spacial score (nSPS) is 15.2. The fraction of sp³-hybridized carbons (Fsp3) is 0.750. The molecule has 1 amide bonds. The predicted molar refractivity (Wildman–Crippen MR) is 72.2 cm³/mol. The van der Waals surface area contributed by atoms with Gasteiger partial charge in [-0.25, -0.2) is 4.79 Å². The molecule has 0 aromatic heterocycles. The highest BCUT2D eigenvalue weighted by atomic mass is 16.4. The number of carboxylic acids is 2. The Balaban J connectivity index is 3.87. The average Bonchev–Trinajstić information content (AvgIpc) is 2.34. The molecule has 0 spiro atoms. The molecular weight excluding hydrogens is 266 g/mol. The van der Waals surface area contributed by atoms with Crippen LogP contribution in [-0.2, 0) is 14.4 Å². The summed E-state index contributed by atoms with van der Waals surface area (Å²) in [7, 11) is 0. The second kappa shape index (κ2) is 9.27. The Morgan fingerprint density at radius 3 is 2.20 bits per heavy atom. The lowest BCUT2D eigenvalue weighted by Gasteiger charge is -2.18. The van der Waals surface area contributed by atoms with Crippen LogP contribution in [0.4, 0.5) is 0 Å². The van der Waals surface area contributed by atoms with E-state index in [4.69, 9.17) is 15.9 Å². The monoisotopic (exact) mass is 289 g/mol. The molecule has 2 unspecified atom stereocenters. The molecule has 0 fully saturated rings. The van der Waals surface area contributed by atoms with Crippen molar-refractivity contribution in [1.29, 1.82) is 0 Å². The number of unbranched alkanes of at least 4 members (excludes halogenated alkanes) is 1. The van der Waals surface area contributed by atoms with Crippen LogP contribution in [0.3, 0.4) is 0 Å². The molecule has 0 bridgehead atoms. The number of amides is 1. The van der Waals surface area contributed by atoms with Crippen molar-refractivity contribution >= 4 is 17.8 Å². The van der Waals surface area contributed by atoms with Gasteiger partial charge in [0, 0.05) is 13.0 Å². The van der Waals surface area contributed by atoms with Crippen LogP contribution in [-0.4, -0.2) is 52.7 Å². The Morgan fingerprint density at radius 2 is 1.75 bits per heavy atom. The molecule has 0 aromatic carbocycles. The summed E-state index contributed by atoms with van der Waals surface area (Å²) in [5.41, 5.74) is 5.43. The second-order valence-electron chi connectivity index (χ2n) is 4.69. The van der Waals surface area contributed by atoms with E-state index in [1.807, 2.05) is 0 Å². The van der Waals surface area contributed by atoms with Gasteiger partial charge in [0.1, 0.15) is 12.1 Å². The van der Waals surface area contributed by atoms with Crippen LogP contribution in [0, 0.1) is 0 Å². The maximum absolute atomic E-state index is 10.9. The Kier molecular flexibility index (Phi) is 8.49. The highest BCUT2D eigenvalue weighted by Crippen LogP contribution is 2.01. The van der Waals surface area contributed by atoms with Gasteiger partial charge in [-0.3, -0.25) is 9.59 Å². The van der Waals surface area contributed by atoms with Gasteiger partial charge in [-0.2, -0.15) is 0 Å². The van der Waals surface area contributed by atoms with Crippen molar-refractivity contribution in [2.45, 2.75) is 51.2 Å². The van der Waals surface area contributed by atoms with E-state index in [1.54, 1.807) is 6.92 Å². The minimum atomic E-state index is -1.07. The summed E-state index contributed by atoms with van der Waals surface area (Å²) in [6.45, 7) is 3.48. The summed E-state index contributed by atoms with van der Waals surface area (Å²) >= 11 is 0. The number of carboxylic acid groups (broad SMARTS) is 2. The summed E-state index contributed by atoms with van der Waals surface area (Å²) < 4.78 is 0. The zero-order valence-electron chi connectivity index (χ0n) is 11.8. The zero-order chi connectivity index (χ0) is 15.7. The lowest BCUT2D eigenvalue weighted by molar-refractivity contribution is -0.141. The molecule has 0 aromatic rings. The number of hydrogen-bond acceptors (Lipinski definition) is 5. The summed E-state index contributed by atoms with van der Waals surface area (Å²) in [5.74, 6) is -2.51. The van der Waals surface area contributed by atoms with E-state index in [-0.39, 0.29) is 11.9 Å². The summed E-state index contributed by atoms with van der Waals surface area (Å²) in [5, 5.41) is 22.9. The van der Waals surface area contributed by atoms with Gasteiger partial charge in [0.2, 0.25) is 5.91 Å². The van der Waals surface area contributed by atoms with E-state index < -0.39 is 24.0 Å². The molecule has 0 aliphatic rings. The average molecular weight is 289 g/mol. The Bertz CT molecular complexity index is 348. The first kappa shape index (κ1) is 18.3.